The minimum Gasteiger partial charge on any atom is -0.367 e. The number of hydrogen-bond donors (Lipinski definition) is 0. The number of nitrogens with zero attached hydrogens (tertiary/aromatic N) is 4. The molecule has 1 fully saturated rings. The number of aromatic nitrogens is 2. The van der Waals surface area contributed by atoms with Gasteiger partial charge in [0.15, 0.2) is 0 Å². The first-order valence-corrected chi connectivity index (χ1v) is 10.7. The van der Waals surface area contributed by atoms with Gasteiger partial charge in [-0.25, -0.2) is 9.37 Å². The molecule has 0 atom stereocenters. The van der Waals surface area contributed by atoms with E-state index in [2.05, 4.69) is 44.8 Å². The van der Waals surface area contributed by atoms with Crippen LogP contribution in [0.4, 0.5) is 10.1 Å². The van der Waals surface area contributed by atoms with Gasteiger partial charge in [0.1, 0.15) is 11.6 Å². The number of para-hydroxylation sites is 2. The van der Waals surface area contributed by atoms with E-state index in [4.69, 9.17) is 4.98 Å². The van der Waals surface area contributed by atoms with Gasteiger partial charge >= 0.3 is 0 Å². The summed E-state index contributed by atoms with van der Waals surface area (Å²) in [6.07, 6.45) is 2.14. The number of benzene rings is 3. The van der Waals surface area contributed by atoms with Crippen LogP contribution in [0.1, 0.15) is 5.69 Å². The molecule has 0 amide bonds. The van der Waals surface area contributed by atoms with Crippen molar-refractivity contribution in [2.75, 3.05) is 31.1 Å². The lowest BCUT2D eigenvalue weighted by molar-refractivity contribution is 0.247. The van der Waals surface area contributed by atoms with Gasteiger partial charge < -0.3 is 4.90 Å². The third kappa shape index (κ3) is 4.23. The van der Waals surface area contributed by atoms with E-state index in [1.807, 2.05) is 48.5 Å². The summed E-state index contributed by atoms with van der Waals surface area (Å²) >= 11 is 0. The highest BCUT2D eigenvalue weighted by atomic mass is 19.1. The third-order valence-corrected chi connectivity index (χ3v) is 5.77. The molecule has 31 heavy (non-hydrogen) atoms. The monoisotopic (exact) mass is 412 g/mol. The lowest BCUT2D eigenvalue weighted by atomic mass is 10.2. The summed E-state index contributed by atoms with van der Waals surface area (Å²) in [6, 6.07) is 27.6. The molecule has 1 aliphatic rings. The molecule has 4 aromatic rings. The molecule has 5 rings (SSSR count). The largest absolute Gasteiger partial charge is 0.367 e. The zero-order chi connectivity index (χ0) is 21.0. The molecule has 1 saturated heterocycles. The molecule has 156 valence electrons. The molecule has 0 radical (unpaired) electrons. The summed E-state index contributed by atoms with van der Waals surface area (Å²) in [4.78, 5) is 9.51. The molecule has 4 nitrogen and oxygen atoms in total. The second kappa shape index (κ2) is 8.74. The molecule has 5 heteroatoms. The number of halogens is 1. The summed E-state index contributed by atoms with van der Waals surface area (Å²) in [7, 11) is 0. The predicted octanol–water partition coefficient (Wildman–Crippen LogP) is 5.00. The smallest absolute Gasteiger partial charge is 0.146 e. The van der Waals surface area contributed by atoms with Crippen molar-refractivity contribution in [1.29, 1.82) is 0 Å². The van der Waals surface area contributed by atoms with Crippen LogP contribution in [0.5, 0.6) is 0 Å². The van der Waals surface area contributed by atoms with Gasteiger partial charge in [0.25, 0.3) is 0 Å². The van der Waals surface area contributed by atoms with Crippen LogP contribution in [-0.2, 0) is 6.54 Å². The molecule has 0 saturated carbocycles. The van der Waals surface area contributed by atoms with Crippen molar-refractivity contribution in [3.05, 3.63) is 103 Å². The van der Waals surface area contributed by atoms with Gasteiger partial charge in [-0.2, -0.15) is 0 Å². The summed E-state index contributed by atoms with van der Waals surface area (Å²) in [6.45, 7) is 4.17. The Labute approximate surface area is 182 Å². The fourth-order valence-corrected chi connectivity index (χ4v) is 4.17. The Morgan fingerprint density at radius 1 is 0.742 bits per heavy atom. The highest BCUT2D eigenvalue weighted by Crippen LogP contribution is 2.25. The summed E-state index contributed by atoms with van der Waals surface area (Å²) in [5.74, 6) is 0.803. The van der Waals surface area contributed by atoms with E-state index in [9.17, 15) is 4.39 Å². The fourth-order valence-electron chi connectivity index (χ4n) is 4.17. The van der Waals surface area contributed by atoms with Gasteiger partial charge in [-0.3, -0.25) is 9.47 Å². The summed E-state index contributed by atoms with van der Waals surface area (Å²) in [5.41, 5.74) is 3.94. The molecule has 0 bridgehead atoms. The van der Waals surface area contributed by atoms with Crippen LogP contribution >= 0.6 is 0 Å². The predicted molar refractivity (Wildman–Crippen MR) is 123 cm³/mol. The average molecular weight is 413 g/mol. The van der Waals surface area contributed by atoms with Crippen molar-refractivity contribution in [2.24, 2.45) is 0 Å². The molecular formula is C26H25FN4. The normalized spacial score (nSPS) is 14.7. The molecule has 1 aliphatic heterocycles. The Bertz CT molecular complexity index is 1080. The summed E-state index contributed by atoms with van der Waals surface area (Å²) in [5, 5.41) is 0. The van der Waals surface area contributed by atoms with E-state index in [0.29, 0.717) is 5.69 Å². The topological polar surface area (TPSA) is 24.3 Å². The first-order valence-electron chi connectivity index (χ1n) is 10.7. The van der Waals surface area contributed by atoms with Crippen LogP contribution in [0.25, 0.3) is 17.1 Å². The second-order valence-corrected chi connectivity index (χ2v) is 7.84. The zero-order valence-electron chi connectivity index (χ0n) is 17.4. The van der Waals surface area contributed by atoms with Crippen molar-refractivity contribution in [2.45, 2.75) is 6.54 Å². The van der Waals surface area contributed by atoms with Crippen LogP contribution in [-0.4, -0.2) is 40.6 Å². The SMILES string of the molecule is Fc1ccccc1N1CCN(Cc2cn(-c3ccccc3)c(-c3ccccc3)n2)CC1. The van der Waals surface area contributed by atoms with E-state index in [1.54, 1.807) is 6.07 Å². The minimum atomic E-state index is -0.148. The maximum Gasteiger partial charge on any atom is 0.146 e. The van der Waals surface area contributed by atoms with Gasteiger partial charge in [-0.05, 0) is 24.3 Å². The molecule has 3 aromatic carbocycles. The van der Waals surface area contributed by atoms with Gasteiger partial charge in [0, 0.05) is 50.2 Å². The third-order valence-electron chi connectivity index (χ3n) is 5.77. The Morgan fingerprint density at radius 2 is 1.39 bits per heavy atom. The minimum absolute atomic E-state index is 0.148. The Kier molecular flexibility index (Phi) is 5.50. The first kappa shape index (κ1) is 19.5. The average Bonchev–Trinajstić information content (AvgIpc) is 3.25. The molecule has 0 aliphatic carbocycles. The molecule has 0 spiro atoms. The quantitative estimate of drug-likeness (QED) is 0.461. The highest BCUT2D eigenvalue weighted by Gasteiger charge is 2.21. The van der Waals surface area contributed by atoms with Gasteiger partial charge in [0.2, 0.25) is 0 Å². The zero-order valence-corrected chi connectivity index (χ0v) is 17.4. The van der Waals surface area contributed by atoms with E-state index in [-0.39, 0.29) is 5.82 Å². The lowest BCUT2D eigenvalue weighted by Gasteiger charge is -2.35. The van der Waals surface area contributed by atoms with Crippen LogP contribution in [0.2, 0.25) is 0 Å². The number of rotatable bonds is 5. The maximum absolute atomic E-state index is 14.1. The van der Waals surface area contributed by atoms with E-state index in [1.165, 1.54) is 6.07 Å². The van der Waals surface area contributed by atoms with Gasteiger partial charge in [-0.15, -0.1) is 0 Å². The van der Waals surface area contributed by atoms with Gasteiger partial charge in [0.05, 0.1) is 11.4 Å². The fraction of sp³-hybridized carbons (Fsp3) is 0.192. The van der Waals surface area contributed by atoms with Crippen molar-refractivity contribution < 1.29 is 4.39 Å². The standard InChI is InChI=1S/C26H25FN4/c27-24-13-7-8-14-25(24)30-17-15-29(16-18-30)19-22-20-31(23-11-5-2-6-12-23)26(28-22)21-9-3-1-4-10-21/h1-14,20H,15-19H2. The second-order valence-electron chi connectivity index (χ2n) is 7.84. The number of imidazole rings is 1. The number of piperazine rings is 1. The molecule has 0 N–H and O–H groups in total. The molecule has 0 unspecified atom stereocenters. The van der Waals surface area contributed by atoms with Crippen molar-refractivity contribution in [3.63, 3.8) is 0 Å². The van der Waals surface area contributed by atoms with Crippen LogP contribution < -0.4 is 4.90 Å². The van der Waals surface area contributed by atoms with Crippen molar-refractivity contribution in [3.8, 4) is 17.1 Å². The lowest BCUT2D eigenvalue weighted by Crippen LogP contribution is -2.46. The van der Waals surface area contributed by atoms with E-state index >= 15 is 0 Å². The van der Waals surface area contributed by atoms with Crippen LogP contribution in [0.15, 0.2) is 91.1 Å². The molecular weight excluding hydrogens is 387 g/mol. The highest BCUT2D eigenvalue weighted by molar-refractivity contribution is 5.59. The Balaban J connectivity index is 1.35. The van der Waals surface area contributed by atoms with Crippen LogP contribution in [0, 0.1) is 5.82 Å². The van der Waals surface area contributed by atoms with E-state index < -0.39 is 0 Å². The van der Waals surface area contributed by atoms with Crippen molar-refractivity contribution in [1.82, 2.24) is 14.5 Å². The molecule has 1 aromatic heterocycles. The number of anilines is 1. The van der Waals surface area contributed by atoms with E-state index in [0.717, 1.165) is 55.5 Å². The maximum atomic E-state index is 14.1. The van der Waals surface area contributed by atoms with Crippen molar-refractivity contribution >= 4 is 5.69 Å². The Morgan fingerprint density at radius 3 is 2.10 bits per heavy atom. The van der Waals surface area contributed by atoms with Crippen LogP contribution in [0.3, 0.4) is 0 Å². The number of hydrogen-bond acceptors (Lipinski definition) is 3. The Hall–Kier alpha value is -3.44. The van der Waals surface area contributed by atoms with Gasteiger partial charge in [-0.1, -0.05) is 60.7 Å². The summed E-state index contributed by atoms with van der Waals surface area (Å²) < 4.78 is 16.3. The molecule has 2 heterocycles. The first-order chi connectivity index (χ1) is 15.3.